The zero-order valence-electron chi connectivity index (χ0n) is 10.2. The zero-order chi connectivity index (χ0) is 13.5. The molecule has 0 aliphatic carbocycles. The van der Waals surface area contributed by atoms with Gasteiger partial charge in [-0.15, -0.1) is 16.4 Å². The standard InChI is InChI=1S/C12H13N5OS/c13-3-1-2-10-6-11(19-9-10)7-14-12(18)8-17-5-4-15-16-17/h4-6,9H,3,7-8,13H2,(H,14,18). The first-order valence-electron chi connectivity index (χ1n) is 5.65. The van der Waals surface area contributed by atoms with Gasteiger partial charge in [-0.3, -0.25) is 4.79 Å². The van der Waals surface area contributed by atoms with E-state index < -0.39 is 0 Å². The van der Waals surface area contributed by atoms with E-state index in [-0.39, 0.29) is 12.5 Å². The molecule has 0 unspecified atom stereocenters. The molecule has 0 aromatic carbocycles. The molecule has 0 bridgehead atoms. The van der Waals surface area contributed by atoms with Crippen molar-refractivity contribution in [3.63, 3.8) is 0 Å². The predicted molar refractivity (Wildman–Crippen MR) is 72.1 cm³/mol. The van der Waals surface area contributed by atoms with Crippen molar-refractivity contribution in [3.8, 4) is 11.8 Å². The Labute approximate surface area is 114 Å². The van der Waals surface area contributed by atoms with Crippen molar-refractivity contribution in [2.45, 2.75) is 13.1 Å². The summed E-state index contributed by atoms with van der Waals surface area (Å²) in [5.41, 5.74) is 6.23. The molecule has 19 heavy (non-hydrogen) atoms. The number of carbonyl (C=O) groups excluding carboxylic acids is 1. The zero-order valence-corrected chi connectivity index (χ0v) is 11.0. The third-order valence-electron chi connectivity index (χ3n) is 2.23. The number of carbonyl (C=O) groups is 1. The molecular weight excluding hydrogens is 262 g/mol. The lowest BCUT2D eigenvalue weighted by atomic mass is 10.3. The van der Waals surface area contributed by atoms with E-state index in [0.29, 0.717) is 13.1 Å². The van der Waals surface area contributed by atoms with E-state index >= 15 is 0 Å². The van der Waals surface area contributed by atoms with Crippen LogP contribution in [0.4, 0.5) is 0 Å². The molecule has 3 N–H and O–H groups in total. The first kappa shape index (κ1) is 13.3. The number of rotatable bonds is 4. The minimum atomic E-state index is -0.103. The molecule has 0 saturated heterocycles. The highest BCUT2D eigenvalue weighted by Crippen LogP contribution is 2.13. The van der Waals surface area contributed by atoms with Gasteiger partial charge in [0.05, 0.1) is 19.3 Å². The lowest BCUT2D eigenvalue weighted by molar-refractivity contribution is -0.122. The lowest BCUT2D eigenvalue weighted by Crippen LogP contribution is -2.27. The van der Waals surface area contributed by atoms with Gasteiger partial charge in [0.1, 0.15) is 6.54 Å². The highest BCUT2D eigenvalue weighted by molar-refractivity contribution is 7.10. The van der Waals surface area contributed by atoms with Crippen LogP contribution in [0.25, 0.3) is 0 Å². The molecule has 2 rings (SSSR count). The summed E-state index contributed by atoms with van der Waals surface area (Å²) in [5, 5.41) is 12.1. The fourth-order valence-electron chi connectivity index (χ4n) is 1.40. The molecule has 2 aromatic heterocycles. The summed E-state index contributed by atoms with van der Waals surface area (Å²) < 4.78 is 1.47. The van der Waals surface area contributed by atoms with Crippen LogP contribution in [0.5, 0.6) is 0 Å². The minimum Gasteiger partial charge on any atom is -0.350 e. The van der Waals surface area contributed by atoms with Crippen molar-refractivity contribution in [2.24, 2.45) is 5.73 Å². The Balaban J connectivity index is 1.81. The average Bonchev–Trinajstić information content (AvgIpc) is 3.05. The van der Waals surface area contributed by atoms with Gasteiger partial charge in [-0.1, -0.05) is 17.1 Å². The molecule has 0 fully saturated rings. The summed E-state index contributed by atoms with van der Waals surface area (Å²) in [6.07, 6.45) is 3.18. The number of nitrogens with one attached hydrogen (secondary N) is 1. The van der Waals surface area contributed by atoms with E-state index in [1.54, 1.807) is 17.5 Å². The van der Waals surface area contributed by atoms with Crippen molar-refractivity contribution in [1.29, 1.82) is 0 Å². The SMILES string of the molecule is NCC#Cc1csc(CNC(=O)Cn2ccnn2)c1. The third-order valence-corrected chi connectivity index (χ3v) is 3.16. The number of nitrogens with two attached hydrogens (primary N) is 1. The topological polar surface area (TPSA) is 85.8 Å². The van der Waals surface area contributed by atoms with Gasteiger partial charge in [-0.2, -0.15) is 0 Å². The monoisotopic (exact) mass is 275 g/mol. The molecule has 0 aliphatic rings. The van der Waals surface area contributed by atoms with Gasteiger partial charge in [0.2, 0.25) is 5.91 Å². The third kappa shape index (κ3) is 4.21. The van der Waals surface area contributed by atoms with Crippen LogP contribution < -0.4 is 11.1 Å². The van der Waals surface area contributed by atoms with E-state index in [4.69, 9.17) is 5.73 Å². The second-order valence-corrected chi connectivity index (χ2v) is 4.68. The Morgan fingerprint density at radius 3 is 3.21 bits per heavy atom. The van der Waals surface area contributed by atoms with E-state index in [1.165, 1.54) is 10.9 Å². The Morgan fingerprint density at radius 1 is 1.58 bits per heavy atom. The van der Waals surface area contributed by atoms with Crippen molar-refractivity contribution in [2.75, 3.05) is 6.54 Å². The second kappa shape index (κ2) is 6.68. The highest BCUT2D eigenvalue weighted by Gasteiger charge is 2.04. The molecule has 2 aromatic rings. The van der Waals surface area contributed by atoms with Crippen molar-refractivity contribution in [3.05, 3.63) is 34.3 Å². The van der Waals surface area contributed by atoms with Gasteiger partial charge in [0.15, 0.2) is 0 Å². The van der Waals surface area contributed by atoms with Crippen LogP contribution >= 0.6 is 11.3 Å². The maximum Gasteiger partial charge on any atom is 0.242 e. The van der Waals surface area contributed by atoms with Gasteiger partial charge in [-0.05, 0) is 6.07 Å². The van der Waals surface area contributed by atoms with E-state index in [9.17, 15) is 4.79 Å². The van der Waals surface area contributed by atoms with Gasteiger partial charge >= 0.3 is 0 Å². The number of nitrogens with zero attached hydrogens (tertiary/aromatic N) is 3. The predicted octanol–water partition coefficient (Wildman–Crippen LogP) is -0.0338. The summed E-state index contributed by atoms with van der Waals surface area (Å²) in [6, 6.07) is 1.95. The summed E-state index contributed by atoms with van der Waals surface area (Å²) >= 11 is 1.56. The summed E-state index contributed by atoms with van der Waals surface area (Å²) in [6.45, 7) is 1.01. The van der Waals surface area contributed by atoms with Crippen molar-refractivity contribution < 1.29 is 4.79 Å². The molecule has 6 nitrogen and oxygen atoms in total. The Kier molecular flexibility index (Phi) is 4.66. The van der Waals surface area contributed by atoms with E-state index in [1.807, 2.05) is 11.4 Å². The maximum absolute atomic E-state index is 11.6. The van der Waals surface area contributed by atoms with E-state index in [2.05, 4.69) is 27.5 Å². The molecule has 0 atom stereocenters. The molecule has 0 saturated carbocycles. The van der Waals surface area contributed by atoms with Crippen LogP contribution in [0, 0.1) is 11.8 Å². The van der Waals surface area contributed by atoms with Gasteiger partial charge < -0.3 is 11.1 Å². The lowest BCUT2D eigenvalue weighted by Gasteiger charge is -2.02. The van der Waals surface area contributed by atoms with E-state index in [0.717, 1.165) is 10.4 Å². The Hall–Kier alpha value is -2.17. The fourth-order valence-corrected chi connectivity index (χ4v) is 2.15. The molecule has 1 amide bonds. The largest absolute Gasteiger partial charge is 0.350 e. The number of hydrogen-bond acceptors (Lipinski definition) is 5. The van der Waals surface area contributed by atoms with Crippen LogP contribution in [0.3, 0.4) is 0 Å². The van der Waals surface area contributed by atoms with Crippen LogP contribution in [0.1, 0.15) is 10.4 Å². The molecule has 0 aliphatic heterocycles. The first-order valence-corrected chi connectivity index (χ1v) is 6.53. The fraction of sp³-hybridized carbons (Fsp3) is 0.250. The van der Waals surface area contributed by atoms with Crippen LogP contribution in [-0.4, -0.2) is 27.4 Å². The van der Waals surface area contributed by atoms with Crippen molar-refractivity contribution >= 4 is 17.2 Å². The molecule has 0 radical (unpaired) electrons. The average molecular weight is 275 g/mol. The van der Waals surface area contributed by atoms with Crippen LogP contribution in [0.15, 0.2) is 23.8 Å². The normalized spacial score (nSPS) is 9.74. The molecule has 0 spiro atoms. The highest BCUT2D eigenvalue weighted by atomic mass is 32.1. The summed E-state index contributed by atoms with van der Waals surface area (Å²) in [5.74, 6) is 5.64. The van der Waals surface area contributed by atoms with Gasteiger partial charge in [0, 0.05) is 22.0 Å². The summed E-state index contributed by atoms with van der Waals surface area (Å²) in [4.78, 5) is 12.7. The molecule has 98 valence electrons. The van der Waals surface area contributed by atoms with Gasteiger partial charge in [0.25, 0.3) is 0 Å². The maximum atomic E-state index is 11.6. The number of aromatic nitrogens is 3. The minimum absolute atomic E-state index is 0.103. The van der Waals surface area contributed by atoms with Gasteiger partial charge in [-0.25, -0.2) is 4.68 Å². The molecule has 2 heterocycles. The smallest absolute Gasteiger partial charge is 0.242 e. The number of hydrogen-bond donors (Lipinski definition) is 2. The second-order valence-electron chi connectivity index (χ2n) is 3.68. The number of thiophene rings is 1. The quantitative estimate of drug-likeness (QED) is 0.767. The van der Waals surface area contributed by atoms with Crippen molar-refractivity contribution in [1.82, 2.24) is 20.3 Å². The molecule has 7 heteroatoms. The first-order chi connectivity index (χ1) is 9.28. The van der Waals surface area contributed by atoms with Crippen LogP contribution in [0.2, 0.25) is 0 Å². The Bertz CT molecular complexity index is 593. The summed E-state index contributed by atoms with van der Waals surface area (Å²) in [7, 11) is 0. The Morgan fingerprint density at radius 2 is 2.47 bits per heavy atom. The molecular formula is C12H13N5OS. The van der Waals surface area contributed by atoms with Crippen LogP contribution in [-0.2, 0) is 17.9 Å². The number of amides is 1.